The summed E-state index contributed by atoms with van der Waals surface area (Å²) in [7, 11) is 1.42. The maximum atomic E-state index is 12.4. The molecule has 1 aromatic heterocycles. The third-order valence-electron chi connectivity index (χ3n) is 5.82. The van der Waals surface area contributed by atoms with Crippen molar-refractivity contribution in [1.29, 1.82) is 0 Å². The lowest BCUT2D eigenvalue weighted by molar-refractivity contribution is 0.101. The van der Waals surface area contributed by atoms with Crippen LogP contribution < -0.4 is 19.9 Å². The Balaban J connectivity index is 1.84. The van der Waals surface area contributed by atoms with Gasteiger partial charge in [-0.25, -0.2) is 9.78 Å². The van der Waals surface area contributed by atoms with Crippen LogP contribution in [0.4, 0.5) is 4.79 Å². The second-order valence-corrected chi connectivity index (χ2v) is 8.47. The first-order chi connectivity index (χ1) is 15.6. The van der Waals surface area contributed by atoms with Crippen LogP contribution in [0.25, 0.3) is 0 Å². The first-order valence-electron chi connectivity index (χ1n) is 10.8. The summed E-state index contributed by atoms with van der Waals surface area (Å²) >= 11 is 0. The minimum Gasteiger partial charge on any atom is -0.493 e. The van der Waals surface area contributed by atoms with E-state index >= 15 is 0 Å². The van der Waals surface area contributed by atoms with Gasteiger partial charge in [0.25, 0.3) is 0 Å². The third-order valence-corrected chi connectivity index (χ3v) is 5.82. The van der Waals surface area contributed by atoms with Crippen molar-refractivity contribution >= 4 is 11.9 Å². The van der Waals surface area contributed by atoms with Gasteiger partial charge in [0.05, 0.1) is 18.3 Å². The van der Waals surface area contributed by atoms with E-state index in [1.54, 1.807) is 12.1 Å². The zero-order chi connectivity index (χ0) is 24.3. The number of carbonyl (C=O) groups excluding carboxylic acids is 2. The molecular formula is C26H30N2O5. The molecule has 2 N–H and O–H groups in total. The molecule has 1 aliphatic carbocycles. The number of ketones is 1. The van der Waals surface area contributed by atoms with Gasteiger partial charge in [-0.3, -0.25) is 4.79 Å². The number of rotatable bonds is 6. The molecule has 7 nitrogen and oxygen atoms in total. The molecule has 7 heteroatoms. The van der Waals surface area contributed by atoms with Crippen LogP contribution in [-0.4, -0.2) is 24.0 Å². The van der Waals surface area contributed by atoms with Crippen LogP contribution >= 0.6 is 0 Å². The van der Waals surface area contributed by atoms with Crippen LogP contribution in [0.15, 0.2) is 54.1 Å². The summed E-state index contributed by atoms with van der Waals surface area (Å²) in [5, 5.41) is 0. The molecule has 0 bridgehead atoms. The predicted octanol–water partition coefficient (Wildman–Crippen LogP) is 5.13. The molecule has 0 saturated carbocycles. The van der Waals surface area contributed by atoms with Crippen LogP contribution in [0.3, 0.4) is 0 Å². The summed E-state index contributed by atoms with van der Waals surface area (Å²) in [6.07, 6.45) is 2.39. The maximum Gasteiger partial charge on any atom is 0.520 e. The van der Waals surface area contributed by atoms with E-state index in [-0.39, 0.29) is 29.1 Å². The van der Waals surface area contributed by atoms with Crippen LogP contribution in [0.2, 0.25) is 0 Å². The molecule has 0 fully saturated rings. The minimum absolute atomic E-state index is 0.117. The molecule has 0 amide bonds. The number of benzene rings is 1. The molecule has 2 aromatic rings. The molecule has 0 radical (unpaired) electrons. The first kappa shape index (κ1) is 24.2. The van der Waals surface area contributed by atoms with Crippen LogP contribution in [-0.2, 0) is 12.0 Å². The van der Waals surface area contributed by atoms with Crippen molar-refractivity contribution in [2.24, 2.45) is 11.7 Å². The highest BCUT2D eigenvalue weighted by molar-refractivity contribution is 5.94. The Kier molecular flexibility index (Phi) is 7.03. The fraction of sp³-hybridized carbons (Fsp3) is 0.346. The molecule has 0 aliphatic heterocycles. The van der Waals surface area contributed by atoms with Gasteiger partial charge < -0.3 is 19.9 Å². The van der Waals surface area contributed by atoms with Crippen molar-refractivity contribution in [1.82, 2.24) is 4.98 Å². The first-order valence-corrected chi connectivity index (χ1v) is 10.8. The molecule has 1 heterocycles. The molecule has 1 aliphatic rings. The molecule has 2 atom stereocenters. The molecule has 0 saturated heterocycles. The number of fused-ring (bicyclic) bond motifs is 1. The predicted molar refractivity (Wildman–Crippen MR) is 126 cm³/mol. The molecule has 3 rings (SSSR count). The van der Waals surface area contributed by atoms with Gasteiger partial charge in [0, 0.05) is 11.6 Å². The maximum absolute atomic E-state index is 12.4. The fourth-order valence-electron chi connectivity index (χ4n) is 4.48. The number of hydrogen-bond acceptors (Lipinski definition) is 7. The number of hydrogen-bond donors (Lipinski definition) is 1. The summed E-state index contributed by atoms with van der Waals surface area (Å²) in [6.45, 7) is 11.5. The summed E-state index contributed by atoms with van der Waals surface area (Å²) in [5.74, 6) is 0.564. The van der Waals surface area contributed by atoms with Gasteiger partial charge in [-0.05, 0) is 74.9 Å². The van der Waals surface area contributed by atoms with Crippen molar-refractivity contribution in [3.63, 3.8) is 0 Å². The Labute approximate surface area is 194 Å². The van der Waals surface area contributed by atoms with Gasteiger partial charge in [-0.1, -0.05) is 18.6 Å². The minimum atomic E-state index is -0.963. The molecule has 2 unspecified atom stereocenters. The van der Waals surface area contributed by atoms with E-state index in [0.29, 0.717) is 18.4 Å². The van der Waals surface area contributed by atoms with E-state index in [2.05, 4.69) is 24.6 Å². The van der Waals surface area contributed by atoms with E-state index in [9.17, 15) is 9.59 Å². The van der Waals surface area contributed by atoms with Crippen LogP contribution in [0, 0.1) is 5.92 Å². The molecule has 1 aromatic carbocycles. The van der Waals surface area contributed by atoms with Crippen molar-refractivity contribution < 1.29 is 23.8 Å². The van der Waals surface area contributed by atoms with E-state index in [1.165, 1.54) is 26.2 Å². The molecule has 0 spiro atoms. The van der Waals surface area contributed by atoms with Gasteiger partial charge in [0.2, 0.25) is 5.88 Å². The molecule has 174 valence electrons. The number of Topliss-reactive ketones (excluding diaryl/α,β-unsaturated/α-hetero) is 1. The average Bonchev–Trinajstić information content (AvgIpc) is 2.73. The normalized spacial score (nSPS) is 20.7. The molecular weight excluding hydrogens is 420 g/mol. The van der Waals surface area contributed by atoms with Gasteiger partial charge in [-0.2, -0.15) is 0 Å². The van der Waals surface area contributed by atoms with Crippen LogP contribution in [0.1, 0.15) is 55.7 Å². The Bertz CT molecular complexity index is 1140. The van der Waals surface area contributed by atoms with Crippen molar-refractivity contribution in [3.05, 3.63) is 71.0 Å². The van der Waals surface area contributed by atoms with E-state index in [0.717, 1.165) is 22.4 Å². The number of pyridine rings is 1. The summed E-state index contributed by atoms with van der Waals surface area (Å²) in [5.41, 5.74) is 10.4. The van der Waals surface area contributed by atoms with Gasteiger partial charge in [0.15, 0.2) is 17.3 Å². The van der Waals surface area contributed by atoms with E-state index < -0.39 is 11.7 Å². The SMILES string of the molecule is C=C(C)CC1(N)/C(=C/C)C(C)Cc2nc(OC(=O)Oc3ccc(C(C)=O)cc3OC)ccc21. The van der Waals surface area contributed by atoms with Gasteiger partial charge in [-0.15, -0.1) is 6.58 Å². The zero-order valence-electron chi connectivity index (χ0n) is 19.7. The number of methoxy groups -OCH3 is 1. The van der Waals surface area contributed by atoms with Crippen molar-refractivity contribution in [2.45, 2.75) is 46.1 Å². The second-order valence-electron chi connectivity index (χ2n) is 8.47. The highest BCUT2D eigenvalue weighted by Crippen LogP contribution is 2.44. The smallest absolute Gasteiger partial charge is 0.493 e. The topological polar surface area (TPSA) is 101 Å². The van der Waals surface area contributed by atoms with E-state index in [4.69, 9.17) is 19.9 Å². The highest BCUT2D eigenvalue weighted by atomic mass is 16.7. The number of allylic oxidation sites excluding steroid dienone is 1. The van der Waals surface area contributed by atoms with Gasteiger partial charge >= 0.3 is 6.16 Å². The number of ether oxygens (including phenoxy) is 3. The standard InChI is InChI=1S/C26H30N2O5/c1-7-19-16(4)12-21-20(26(19,27)14-15(2)3)9-11-24(28-21)33-25(30)32-22-10-8-18(17(5)29)13-23(22)31-6/h7-11,13,16H,2,12,14,27H2,1,3-6H3/b19-7+. The van der Waals surface area contributed by atoms with Crippen LogP contribution in [0.5, 0.6) is 17.4 Å². The van der Waals surface area contributed by atoms with Crippen molar-refractivity contribution in [3.8, 4) is 17.4 Å². The summed E-state index contributed by atoms with van der Waals surface area (Å²) in [6, 6.07) is 8.00. The lowest BCUT2D eigenvalue weighted by atomic mass is 9.68. The monoisotopic (exact) mass is 450 g/mol. The second kappa shape index (κ2) is 9.58. The Morgan fingerprint density at radius 2 is 1.94 bits per heavy atom. The summed E-state index contributed by atoms with van der Waals surface area (Å²) < 4.78 is 15.8. The number of carbonyl (C=O) groups is 2. The Morgan fingerprint density at radius 3 is 2.55 bits per heavy atom. The Hall–Kier alpha value is -3.45. The lowest BCUT2D eigenvalue weighted by Gasteiger charge is -2.41. The highest BCUT2D eigenvalue weighted by Gasteiger charge is 2.40. The van der Waals surface area contributed by atoms with E-state index in [1.807, 2.05) is 19.9 Å². The quantitative estimate of drug-likeness (QED) is 0.282. The van der Waals surface area contributed by atoms with Crippen molar-refractivity contribution in [2.75, 3.05) is 7.11 Å². The number of nitrogens with zero attached hydrogens (tertiary/aromatic N) is 1. The molecule has 33 heavy (non-hydrogen) atoms. The Morgan fingerprint density at radius 1 is 1.21 bits per heavy atom. The zero-order valence-corrected chi connectivity index (χ0v) is 19.7. The number of nitrogens with two attached hydrogens (primary N) is 1. The number of aromatic nitrogens is 1. The third kappa shape index (κ3) is 4.98. The summed E-state index contributed by atoms with van der Waals surface area (Å²) in [4.78, 5) is 28.5. The lowest BCUT2D eigenvalue weighted by Crippen LogP contribution is -2.45. The van der Waals surface area contributed by atoms with Gasteiger partial charge in [0.1, 0.15) is 0 Å². The fourth-order valence-corrected chi connectivity index (χ4v) is 4.48. The largest absolute Gasteiger partial charge is 0.520 e. The average molecular weight is 451 g/mol.